The Labute approximate surface area is 170 Å². The van der Waals surface area contributed by atoms with Crippen molar-refractivity contribution in [3.8, 4) is 5.75 Å². The predicted molar refractivity (Wildman–Crippen MR) is 107 cm³/mol. The second-order valence-electron chi connectivity index (χ2n) is 6.08. The van der Waals surface area contributed by atoms with Gasteiger partial charge in [0.15, 0.2) is 0 Å². The summed E-state index contributed by atoms with van der Waals surface area (Å²) in [5.74, 6) is -0.396. The molecule has 1 heterocycles. The number of amides is 2. The zero-order chi connectivity index (χ0) is 20.1. The zero-order valence-corrected chi connectivity index (χ0v) is 16.8. The van der Waals surface area contributed by atoms with Crippen molar-refractivity contribution in [2.45, 2.75) is 6.42 Å². The number of halogens is 1. The van der Waals surface area contributed by atoms with Gasteiger partial charge in [-0.25, -0.2) is 4.79 Å². The molecule has 0 N–H and O–H groups in total. The lowest BCUT2D eigenvalue weighted by molar-refractivity contribution is -0.137. The SMILES string of the molecule is COc1ccc(/C=C/C(=O)OCCCN2C(=O)c3ccc(Br)cc3C2=O)cc1. The van der Waals surface area contributed by atoms with Crippen molar-refractivity contribution >= 4 is 39.8 Å². The van der Waals surface area contributed by atoms with Crippen molar-refractivity contribution in [3.63, 3.8) is 0 Å². The van der Waals surface area contributed by atoms with E-state index in [2.05, 4.69) is 15.9 Å². The molecule has 2 amide bonds. The summed E-state index contributed by atoms with van der Waals surface area (Å²) >= 11 is 3.30. The number of nitrogens with zero attached hydrogens (tertiary/aromatic N) is 1. The molecule has 0 fully saturated rings. The van der Waals surface area contributed by atoms with E-state index in [0.717, 1.165) is 15.8 Å². The van der Waals surface area contributed by atoms with Crippen molar-refractivity contribution in [2.75, 3.05) is 20.3 Å². The van der Waals surface area contributed by atoms with Crippen LogP contribution in [0.15, 0.2) is 53.0 Å². The molecule has 1 aliphatic heterocycles. The third kappa shape index (κ3) is 4.48. The highest BCUT2D eigenvalue weighted by Gasteiger charge is 2.35. The fourth-order valence-electron chi connectivity index (χ4n) is 2.79. The summed E-state index contributed by atoms with van der Waals surface area (Å²) in [6.07, 6.45) is 3.35. The Morgan fingerprint density at radius 3 is 2.50 bits per heavy atom. The first-order valence-electron chi connectivity index (χ1n) is 8.64. The highest BCUT2D eigenvalue weighted by molar-refractivity contribution is 9.10. The molecule has 28 heavy (non-hydrogen) atoms. The van der Waals surface area contributed by atoms with Crippen molar-refractivity contribution in [1.29, 1.82) is 0 Å². The van der Waals surface area contributed by atoms with Crippen molar-refractivity contribution in [2.24, 2.45) is 0 Å². The van der Waals surface area contributed by atoms with Crippen LogP contribution in [-0.2, 0) is 9.53 Å². The summed E-state index contributed by atoms with van der Waals surface area (Å²) < 4.78 is 10.9. The van der Waals surface area contributed by atoms with Crippen molar-refractivity contribution in [1.82, 2.24) is 4.90 Å². The van der Waals surface area contributed by atoms with E-state index in [1.165, 1.54) is 11.0 Å². The van der Waals surface area contributed by atoms with Crippen LogP contribution in [-0.4, -0.2) is 42.9 Å². The van der Waals surface area contributed by atoms with Crippen molar-refractivity contribution < 1.29 is 23.9 Å². The number of hydrogen-bond donors (Lipinski definition) is 0. The van der Waals surface area contributed by atoms with Crippen LogP contribution >= 0.6 is 15.9 Å². The Kier molecular flexibility index (Phi) is 6.26. The molecule has 2 aromatic rings. The number of benzene rings is 2. The standard InChI is InChI=1S/C21H18BrNO5/c1-27-16-7-3-14(4-8-16)5-10-19(24)28-12-2-11-23-20(25)17-9-6-15(22)13-18(17)21(23)26/h3-10,13H,2,11-12H2,1H3/b10-5+. The maximum Gasteiger partial charge on any atom is 0.330 e. The monoisotopic (exact) mass is 443 g/mol. The van der Waals surface area contributed by atoms with Crippen LogP contribution < -0.4 is 4.74 Å². The van der Waals surface area contributed by atoms with Crippen LogP contribution in [0.5, 0.6) is 5.75 Å². The first-order chi connectivity index (χ1) is 13.5. The molecule has 144 valence electrons. The largest absolute Gasteiger partial charge is 0.497 e. The summed E-state index contributed by atoms with van der Waals surface area (Å²) in [5.41, 5.74) is 1.63. The second-order valence-corrected chi connectivity index (χ2v) is 7.00. The van der Waals surface area contributed by atoms with Gasteiger partial charge >= 0.3 is 5.97 Å². The number of esters is 1. The van der Waals surface area contributed by atoms with Gasteiger partial charge in [-0.3, -0.25) is 14.5 Å². The Morgan fingerprint density at radius 2 is 1.79 bits per heavy atom. The number of carbonyl (C=O) groups is 3. The molecule has 0 aromatic heterocycles. The highest BCUT2D eigenvalue weighted by atomic mass is 79.9. The Hall–Kier alpha value is -2.93. The molecule has 3 rings (SSSR count). The summed E-state index contributed by atoms with van der Waals surface area (Å²) in [4.78, 5) is 37.6. The van der Waals surface area contributed by atoms with Gasteiger partial charge in [-0.05, 0) is 48.4 Å². The average molecular weight is 444 g/mol. The minimum absolute atomic E-state index is 0.114. The smallest absolute Gasteiger partial charge is 0.330 e. The second kappa shape index (κ2) is 8.84. The first kappa shape index (κ1) is 19.8. The lowest BCUT2D eigenvalue weighted by Gasteiger charge is -2.13. The summed E-state index contributed by atoms with van der Waals surface area (Å²) in [7, 11) is 1.59. The van der Waals surface area contributed by atoms with Gasteiger partial charge in [0.1, 0.15) is 5.75 Å². The molecule has 0 bridgehead atoms. The molecular weight excluding hydrogens is 426 g/mol. The van der Waals surface area contributed by atoms with Crippen LogP contribution in [0.1, 0.15) is 32.7 Å². The van der Waals surface area contributed by atoms with Gasteiger partial charge in [0, 0.05) is 17.1 Å². The van der Waals surface area contributed by atoms with Crippen molar-refractivity contribution in [3.05, 3.63) is 69.7 Å². The number of ether oxygens (including phenoxy) is 2. The average Bonchev–Trinajstić information content (AvgIpc) is 2.94. The quantitative estimate of drug-likeness (QED) is 0.282. The van der Waals surface area contributed by atoms with Crippen LogP contribution in [0.2, 0.25) is 0 Å². The topological polar surface area (TPSA) is 72.9 Å². The third-order valence-corrected chi connectivity index (χ3v) is 4.72. The molecule has 0 unspecified atom stereocenters. The predicted octanol–water partition coefficient (Wildman–Crippen LogP) is 3.70. The molecule has 0 saturated heterocycles. The lowest BCUT2D eigenvalue weighted by atomic mass is 10.1. The van der Waals surface area contributed by atoms with E-state index in [0.29, 0.717) is 17.5 Å². The molecule has 1 aliphatic rings. The van der Waals surface area contributed by atoms with Crippen LogP contribution in [0, 0.1) is 0 Å². The molecule has 0 spiro atoms. The fourth-order valence-corrected chi connectivity index (χ4v) is 3.15. The molecule has 0 radical (unpaired) electrons. The Balaban J connectivity index is 1.45. The van der Waals surface area contributed by atoms with E-state index in [1.807, 2.05) is 12.1 Å². The zero-order valence-electron chi connectivity index (χ0n) is 15.2. The van der Waals surface area contributed by atoms with E-state index >= 15 is 0 Å². The van der Waals surface area contributed by atoms with Crippen LogP contribution in [0.3, 0.4) is 0 Å². The number of carbonyl (C=O) groups excluding carboxylic acids is 3. The lowest BCUT2D eigenvalue weighted by Crippen LogP contribution is -2.31. The molecule has 6 nitrogen and oxygen atoms in total. The van der Waals surface area contributed by atoms with E-state index in [9.17, 15) is 14.4 Å². The molecule has 7 heteroatoms. The van der Waals surface area contributed by atoms with Crippen LogP contribution in [0.4, 0.5) is 0 Å². The van der Waals surface area contributed by atoms with E-state index in [-0.39, 0.29) is 25.0 Å². The number of methoxy groups -OCH3 is 1. The van der Waals surface area contributed by atoms with Gasteiger partial charge in [-0.15, -0.1) is 0 Å². The fraction of sp³-hybridized carbons (Fsp3) is 0.190. The minimum Gasteiger partial charge on any atom is -0.497 e. The molecule has 2 aromatic carbocycles. The van der Waals surface area contributed by atoms with E-state index in [1.54, 1.807) is 43.5 Å². The van der Waals surface area contributed by atoms with Gasteiger partial charge in [0.2, 0.25) is 0 Å². The number of fused-ring (bicyclic) bond motifs is 1. The van der Waals surface area contributed by atoms with Crippen LogP contribution in [0.25, 0.3) is 6.08 Å². The highest BCUT2D eigenvalue weighted by Crippen LogP contribution is 2.26. The van der Waals surface area contributed by atoms with Gasteiger partial charge in [0.05, 0.1) is 24.8 Å². The van der Waals surface area contributed by atoms with Gasteiger partial charge in [-0.1, -0.05) is 28.1 Å². The summed E-state index contributed by atoms with van der Waals surface area (Å²) in [5, 5.41) is 0. The van der Waals surface area contributed by atoms with Gasteiger partial charge < -0.3 is 9.47 Å². The summed E-state index contributed by atoms with van der Waals surface area (Å²) in [6, 6.07) is 12.2. The number of hydrogen-bond acceptors (Lipinski definition) is 5. The number of rotatable bonds is 7. The van der Waals surface area contributed by atoms with Gasteiger partial charge in [-0.2, -0.15) is 0 Å². The molecule has 0 atom stereocenters. The maximum atomic E-state index is 12.3. The molecular formula is C21H18BrNO5. The number of imide groups is 1. The van der Waals surface area contributed by atoms with E-state index in [4.69, 9.17) is 9.47 Å². The minimum atomic E-state index is -0.484. The normalized spacial score (nSPS) is 13.1. The Bertz CT molecular complexity index is 936. The third-order valence-electron chi connectivity index (χ3n) is 4.23. The summed E-state index contributed by atoms with van der Waals surface area (Å²) in [6.45, 7) is 0.308. The van der Waals surface area contributed by atoms with Gasteiger partial charge in [0.25, 0.3) is 11.8 Å². The molecule has 0 saturated carbocycles. The first-order valence-corrected chi connectivity index (χ1v) is 9.43. The van der Waals surface area contributed by atoms with E-state index < -0.39 is 5.97 Å². The Morgan fingerprint density at radius 1 is 1.07 bits per heavy atom. The maximum absolute atomic E-state index is 12.3. The molecule has 0 aliphatic carbocycles.